The number of thioether (sulfide) groups is 1. The van der Waals surface area contributed by atoms with Gasteiger partial charge in [-0.05, 0) is 55.7 Å². The highest BCUT2D eigenvalue weighted by Crippen LogP contribution is 2.31. The van der Waals surface area contributed by atoms with Crippen molar-refractivity contribution in [2.75, 3.05) is 19.5 Å². The minimum atomic E-state index is -0.472. The van der Waals surface area contributed by atoms with Gasteiger partial charge in [0.1, 0.15) is 11.5 Å². The Morgan fingerprint density at radius 1 is 1.06 bits per heavy atom. The number of methoxy groups -OCH3 is 2. The van der Waals surface area contributed by atoms with Crippen LogP contribution in [0.3, 0.4) is 0 Å². The molecule has 0 aliphatic heterocycles. The lowest BCUT2D eigenvalue weighted by Gasteiger charge is -2.16. The van der Waals surface area contributed by atoms with Gasteiger partial charge < -0.3 is 14.8 Å². The van der Waals surface area contributed by atoms with Crippen LogP contribution in [0, 0.1) is 13.8 Å². The van der Waals surface area contributed by atoms with Crippen molar-refractivity contribution in [1.82, 2.24) is 19.2 Å². The molecule has 0 saturated carbocycles. The van der Waals surface area contributed by atoms with Gasteiger partial charge in [0.15, 0.2) is 5.16 Å². The van der Waals surface area contributed by atoms with E-state index in [2.05, 4.69) is 15.5 Å². The van der Waals surface area contributed by atoms with Crippen molar-refractivity contribution in [3.8, 4) is 17.2 Å². The fourth-order valence-electron chi connectivity index (χ4n) is 3.60. The molecule has 0 saturated heterocycles. The average Bonchev–Trinajstić information content (AvgIpc) is 3.28. The topological polar surface area (TPSA) is 99.8 Å². The lowest BCUT2D eigenvalue weighted by atomic mass is 10.1. The van der Waals surface area contributed by atoms with Gasteiger partial charge in [-0.2, -0.15) is 0 Å². The van der Waals surface area contributed by atoms with Crippen molar-refractivity contribution in [2.45, 2.75) is 37.6 Å². The third kappa shape index (κ3) is 4.88. The van der Waals surface area contributed by atoms with Crippen molar-refractivity contribution in [3.05, 3.63) is 70.3 Å². The molecule has 10 heteroatoms. The molecule has 0 radical (unpaired) electrons. The first kappa shape index (κ1) is 24.3. The first-order chi connectivity index (χ1) is 16.9. The Morgan fingerprint density at radius 2 is 1.86 bits per heavy atom. The molecule has 2 aromatic heterocycles. The van der Waals surface area contributed by atoms with Gasteiger partial charge in [0.2, 0.25) is 11.6 Å². The van der Waals surface area contributed by atoms with Crippen LogP contribution in [-0.4, -0.2) is 44.5 Å². The summed E-state index contributed by atoms with van der Waals surface area (Å²) in [6.45, 7) is 5.94. The molecule has 1 unspecified atom stereocenters. The molecule has 0 aliphatic carbocycles. The number of fused-ring (bicyclic) bond motifs is 1. The molecular formula is C25H27N5O4S. The molecule has 2 heterocycles. The molecular weight excluding hydrogens is 466 g/mol. The second-order valence-corrected chi connectivity index (χ2v) is 9.16. The average molecular weight is 494 g/mol. The number of rotatable bonds is 8. The van der Waals surface area contributed by atoms with Crippen molar-refractivity contribution in [2.24, 2.45) is 0 Å². The van der Waals surface area contributed by atoms with Gasteiger partial charge in [-0.15, -0.1) is 10.2 Å². The van der Waals surface area contributed by atoms with Gasteiger partial charge >= 0.3 is 5.56 Å². The van der Waals surface area contributed by atoms with Gasteiger partial charge in [-0.1, -0.05) is 24.8 Å². The normalized spacial score (nSPS) is 11.9. The van der Waals surface area contributed by atoms with Gasteiger partial charge in [0.05, 0.1) is 25.2 Å². The summed E-state index contributed by atoms with van der Waals surface area (Å²) in [4.78, 5) is 26.2. The number of nitrogens with zero attached hydrogens (tertiary/aromatic N) is 4. The second-order valence-electron chi connectivity index (χ2n) is 7.99. The van der Waals surface area contributed by atoms with Crippen molar-refractivity contribution in [3.63, 3.8) is 0 Å². The Labute approximate surface area is 207 Å². The number of aryl methyl sites for hydroxylation is 2. The number of hydrogen-bond acceptors (Lipinski definition) is 7. The van der Waals surface area contributed by atoms with E-state index >= 15 is 0 Å². The van der Waals surface area contributed by atoms with Crippen LogP contribution in [0.2, 0.25) is 0 Å². The van der Waals surface area contributed by atoms with Crippen LogP contribution in [0.1, 0.15) is 24.5 Å². The highest BCUT2D eigenvalue weighted by molar-refractivity contribution is 8.00. The van der Waals surface area contributed by atoms with E-state index < -0.39 is 5.25 Å². The fraction of sp³-hybridized carbons (Fsp3) is 0.280. The van der Waals surface area contributed by atoms with E-state index in [4.69, 9.17) is 9.47 Å². The Kier molecular flexibility index (Phi) is 7.11. The number of benzene rings is 2. The lowest BCUT2D eigenvalue weighted by molar-refractivity contribution is -0.115. The molecule has 0 aliphatic rings. The van der Waals surface area contributed by atoms with Gasteiger partial charge in [-0.25, -0.2) is 0 Å². The molecule has 1 amide bonds. The number of carbonyl (C=O) groups is 1. The maximum absolute atomic E-state index is 13.1. The Balaban J connectivity index is 1.60. The molecule has 4 aromatic rings. The van der Waals surface area contributed by atoms with Crippen LogP contribution >= 0.6 is 11.8 Å². The number of hydrogen-bond donors (Lipinski definition) is 1. The van der Waals surface area contributed by atoms with Crippen LogP contribution in [0.5, 0.6) is 11.5 Å². The Bertz CT molecular complexity index is 1450. The van der Waals surface area contributed by atoms with Crippen LogP contribution in [-0.2, 0) is 4.79 Å². The third-order valence-corrected chi connectivity index (χ3v) is 7.10. The standard InChI is InChI=1S/C25H27N5O4S/c1-6-21(23(31)26-19-14-18(33-4)9-10-20(19)34-5)35-25-28-27-22-24(32)29(11-12-30(22)25)17-8-7-15(2)16(3)13-17/h7-14,21H,6H2,1-5H3,(H,26,31). The maximum Gasteiger partial charge on any atom is 0.300 e. The predicted octanol–water partition coefficient (Wildman–Crippen LogP) is 4.02. The van der Waals surface area contributed by atoms with E-state index in [1.54, 1.807) is 46.7 Å². The summed E-state index contributed by atoms with van der Waals surface area (Å²) in [7, 11) is 3.10. The molecule has 9 nitrogen and oxygen atoms in total. The summed E-state index contributed by atoms with van der Waals surface area (Å²) in [5.41, 5.74) is 3.43. The van der Waals surface area contributed by atoms with Gasteiger partial charge in [-0.3, -0.25) is 18.6 Å². The minimum absolute atomic E-state index is 0.193. The van der Waals surface area contributed by atoms with Crippen molar-refractivity contribution >= 4 is 29.0 Å². The predicted molar refractivity (Wildman–Crippen MR) is 136 cm³/mol. The van der Waals surface area contributed by atoms with Crippen LogP contribution in [0.4, 0.5) is 5.69 Å². The van der Waals surface area contributed by atoms with E-state index in [0.29, 0.717) is 28.8 Å². The second kappa shape index (κ2) is 10.2. The lowest BCUT2D eigenvalue weighted by Crippen LogP contribution is -2.25. The highest BCUT2D eigenvalue weighted by atomic mass is 32.2. The minimum Gasteiger partial charge on any atom is -0.497 e. The van der Waals surface area contributed by atoms with E-state index in [1.807, 2.05) is 39.0 Å². The van der Waals surface area contributed by atoms with Crippen molar-refractivity contribution in [1.29, 1.82) is 0 Å². The first-order valence-electron chi connectivity index (χ1n) is 11.1. The summed E-state index contributed by atoms with van der Waals surface area (Å²) in [6, 6.07) is 11.0. The Morgan fingerprint density at radius 3 is 2.54 bits per heavy atom. The number of nitrogens with one attached hydrogen (secondary N) is 1. The maximum atomic E-state index is 13.1. The molecule has 4 rings (SSSR count). The summed E-state index contributed by atoms with van der Waals surface area (Å²) >= 11 is 1.25. The molecule has 0 spiro atoms. The summed E-state index contributed by atoms with van der Waals surface area (Å²) in [5, 5.41) is 11.2. The number of aromatic nitrogens is 4. The smallest absolute Gasteiger partial charge is 0.300 e. The highest BCUT2D eigenvalue weighted by Gasteiger charge is 2.23. The molecule has 1 atom stereocenters. The Hall–Kier alpha value is -3.79. The monoisotopic (exact) mass is 493 g/mol. The quantitative estimate of drug-likeness (QED) is 0.370. The molecule has 182 valence electrons. The zero-order chi connectivity index (χ0) is 25.1. The van der Waals surface area contributed by atoms with Crippen LogP contribution in [0.15, 0.2) is 58.7 Å². The van der Waals surface area contributed by atoms with E-state index in [1.165, 1.54) is 18.9 Å². The fourth-order valence-corrected chi connectivity index (χ4v) is 4.54. The summed E-state index contributed by atoms with van der Waals surface area (Å²) in [5.74, 6) is 0.911. The zero-order valence-corrected chi connectivity index (χ0v) is 21.0. The first-order valence-corrected chi connectivity index (χ1v) is 12.0. The van der Waals surface area contributed by atoms with Crippen molar-refractivity contribution < 1.29 is 14.3 Å². The number of anilines is 1. The zero-order valence-electron chi connectivity index (χ0n) is 20.2. The summed E-state index contributed by atoms with van der Waals surface area (Å²) in [6.07, 6.45) is 3.97. The SMILES string of the molecule is CCC(Sc1nnc2c(=O)n(-c3ccc(C)c(C)c3)ccn12)C(=O)Nc1cc(OC)ccc1OC. The number of carbonyl (C=O) groups excluding carboxylic acids is 1. The molecule has 1 N–H and O–H groups in total. The number of amides is 1. The van der Waals surface area contributed by atoms with E-state index in [9.17, 15) is 9.59 Å². The van der Waals surface area contributed by atoms with Crippen LogP contribution < -0.4 is 20.3 Å². The molecule has 35 heavy (non-hydrogen) atoms. The van der Waals surface area contributed by atoms with Gasteiger partial charge in [0.25, 0.3) is 0 Å². The summed E-state index contributed by atoms with van der Waals surface area (Å²) < 4.78 is 13.8. The molecule has 2 aromatic carbocycles. The van der Waals surface area contributed by atoms with Crippen LogP contribution in [0.25, 0.3) is 11.3 Å². The third-order valence-electron chi connectivity index (χ3n) is 5.78. The van der Waals surface area contributed by atoms with E-state index in [0.717, 1.165) is 16.8 Å². The van der Waals surface area contributed by atoms with E-state index in [-0.39, 0.29) is 17.1 Å². The molecule has 0 fully saturated rings. The largest absolute Gasteiger partial charge is 0.497 e. The molecule has 0 bridgehead atoms. The number of ether oxygens (including phenoxy) is 2. The van der Waals surface area contributed by atoms with Gasteiger partial charge in [0, 0.05) is 24.1 Å².